The summed E-state index contributed by atoms with van der Waals surface area (Å²) in [4.78, 5) is 27.0. The van der Waals surface area contributed by atoms with Crippen LogP contribution in [0.25, 0.3) is 0 Å². The normalized spacial score (nSPS) is 20.2. The molecular weight excluding hydrogens is 390 g/mol. The van der Waals surface area contributed by atoms with Gasteiger partial charge < -0.3 is 15.5 Å². The maximum absolute atomic E-state index is 12.8. The minimum absolute atomic E-state index is 0. The Morgan fingerprint density at radius 3 is 2.69 bits per heavy atom. The Morgan fingerprint density at radius 1 is 1.23 bits per heavy atom. The van der Waals surface area contributed by atoms with Gasteiger partial charge >= 0.3 is 0 Å². The van der Waals surface area contributed by atoms with Crippen molar-refractivity contribution in [2.45, 2.75) is 19.4 Å². The Morgan fingerprint density at radius 2 is 2.00 bits per heavy atom. The maximum Gasteiger partial charge on any atom is 0.254 e. The van der Waals surface area contributed by atoms with Crippen molar-refractivity contribution in [2.75, 3.05) is 48.0 Å². The largest absolute Gasteiger partial charge is 0.337 e. The van der Waals surface area contributed by atoms with E-state index in [4.69, 9.17) is 0 Å². The van der Waals surface area contributed by atoms with Crippen molar-refractivity contribution >= 4 is 53.4 Å². The predicted molar refractivity (Wildman–Crippen MR) is 114 cm³/mol. The van der Waals surface area contributed by atoms with E-state index in [0.717, 1.165) is 53.9 Å². The lowest BCUT2D eigenvalue weighted by molar-refractivity contribution is -0.116. The molecule has 1 atom stereocenters. The lowest BCUT2D eigenvalue weighted by atomic mass is 10.0. The zero-order chi connectivity index (χ0) is 17.6. The molecule has 26 heavy (non-hydrogen) atoms. The van der Waals surface area contributed by atoms with E-state index in [1.165, 1.54) is 0 Å². The summed E-state index contributed by atoms with van der Waals surface area (Å²) in [6.07, 6.45) is 0.466. The van der Waals surface area contributed by atoms with E-state index in [1.54, 1.807) is 0 Å². The molecular formula is C18H26ClN3O2S2. The van der Waals surface area contributed by atoms with Gasteiger partial charge in [-0.25, -0.2) is 0 Å². The summed E-state index contributed by atoms with van der Waals surface area (Å²) in [6, 6.07) is 5.81. The summed E-state index contributed by atoms with van der Waals surface area (Å²) in [6.45, 7) is 4.46. The van der Waals surface area contributed by atoms with Crippen LogP contribution in [0.5, 0.6) is 0 Å². The first-order valence-electron chi connectivity index (χ1n) is 8.73. The van der Waals surface area contributed by atoms with Crippen LogP contribution in [0, 0.1) is 6.92 Å². The highest BCUT2D eigenvalue weighted by Crippen LogP contribution is 2.22. The Balaban J connectivity index is 0.00000243. The van der Waals surface area contributed by atoms with E-state index in [0.29, 0.717) is 12.0 Å². The molecule has 0 aromatic heterocycles. The van der Waals surface area contributed by atoms with Gasteiger partial charge in [-0.2, -0.15) is 23.5 Å². The van der Waals surface area contributed by atoms with Crippen LogP contribution in [0.2, 0.25) is 0 Å². The van der Waals surface area contributed by atoms with Gasteiger partial charge in [0.1, 0.15) is 0 Å². The highest BCUT2D eigenvalue weighted by Gasteiger charge is 2.22. The number of thioether (sulfide) groups is 2. The van der Waals surface area contributed by atoms with Crippen molar-refractivity contribution < 1.29 is 9.59 Å². The Kier molecular flexibility index (Phi) is 8.60. The van der Waals surface area contributed by atoms with Crippen molar-refractivity contribution in [3.8, 4) is 0 Å². The van der Waals surface area contributed by atoms with Gasteiger partial charge in [0.2, 0.25) is 5.91 Å². The van der Waals surface area contributed by atoms with Crippen LogP contribution < -0.4 is 10.6 Å². The quantitative estimate of drug-likeness (QED) is 0.791. The second-order valence-electron chi connectivity index (χ2n) is 6.36. The van der Waals surface area contributed by atoms with Gasteiger partial charge in [0.05, 0.1) is 0 Å². The molecule has 0 saturated carbocycles. The van der Waals surface area contributed by atoms with Gasteiger partial charge in [-0.05, 0) is 24.6 Å². The van der Waals surface area contributed by atoms with Crippen LogP contribution in [0.1, 0.15) is 22.3 Å². The molecule has 5 nitrogen and oxygen atoms in total. The molecule has 144 valence electrons. The molecule has 1 aromatic carbocycles. The Bertz CT molecular complexity index is 633. The van der Waals surface area contributed by atoms with Crippen molar-refractivity contribution in [2.24, 2.45) is 0 Å². The molecule has 2 aliphatic heterocycles. The van der Waals surface area contributed by atoms with Crippen LogP contribution in [0.15, 0.2) is 18.2 Å². The fourth-order valence-corrected chi connectivity index (χ4v) is 4.97. The lowest BCUT2D eigenvalue weighted by Gasteiger charge is -2.27. The molecule has 1 unspecified atom stereocenters. The van der Waals surface area contributed by atoms with Crippen LogP contribution in [0.4, 0.5) is 5.69 Å². The number of amides is 2. The number of anilines is 1. The van der Waals surface area contributed by atoms with E-state index in [1.807, 2.05) is 53.5 Å². The molecule has 2 fully saturated rings. The Labute approximate surface area is 169 Å². The molecule has 0 radical (unpaired) electrons. The average molecular weight is 416 g/mol. The summed E-state index contributed by atoms with van der Waals surface area (Å²) >= 11 is 3.77. The third kappa shape index (κ3) is 5.55. The molecule has 2 saturated heterocycles. The SMILES string of the molecule is Cc1c(NC(=O)CC2CSCCN2)cccc1C(=O)N1CCSCC1.Cl. The first kappa shape index (κ1) is 21.4. The monoisotopic (exact) mass is 415 g/mol. The summed E-state index contributed by atoms with van der Waals surface area (Å²) in [7, 11) is 0. The zero-order valence-corrected chi connectivity index (χ0v) is 17.4. The second-order valence-corrected chi connectivity index (χ2v) is 8.74. The molecule has 2 heterocycles. The molecule has 2 amide bonds. The number of nitrogens with one attached hydrogen (secondary N) is 2. The van der Waals surface area contributed by atoms with Gasteiger partial charge in [0.25, 0.3) is 5.91 Å². The third-order valence-corrected chi connectivity index (χ3v) is 6.64. The minimum Gasteiger partial charge on any atom is -0.337 e. The molecule has 0 aliphatic carbocycles. The molecule has 2 N–H and O–H groups in total. The second kappa shape index (κ2) is 10.4. The van der Waals surface area contributed by atoms with E-state index >= 15 is 0 Å². The number of carbonyl (C=O) groups is 2. The lowest BCUT2D eigenvalue weighted by Crippen LogP contribution is -2.40. The third-order valence-electron chi connectivity index (χ3n) is 4.57. The topological polar surface area (TPSA) is 61.4 Å². The number of hydrogen-bond donors (Lipinski definition) is 2. The summed E-state index contributed by atoms with van der Waals surface area (Å²) in [5, 5.41) is 6.37. The maximum atomic E-state index is 12.8. The van der Waals surface area contributed by atoms with E-state index in [2.05, 4.69) is 10.6 Å². The van der Waals surface area contributed by atoms with Crippen molar-refractivity contribution in [3.63, 3.8) is 0 Å². The molecule has 0 bridgehead atoms. The number of nitrogens with zero attached hydrogens (tertiary/aromatic N) is 1. The van der Waals surface area contributed by atoms with Crippen LogP contribution in [0.3, 0.4) is 0 Å². The molecule has 3 rings (SSSR count). The molecule has 1 aromatic rings. The van der Waals surface area contributed by atoms with Gasteiger partial charge in [-0.15, -0.1) is 12.4 Å². The predicted octanol–water partition coefficient (Wildman–Crippen LogP) is 2.64. The number of benzene rings is 1. The van der Waals surface area contributed by atoms with Gasteiger partial charge in [-0.1, -0.05) is 6.07 Å². The summed E-state index contributed by atoms with van der Waals surface area (Å²) < 4.78 is 0. The molecule has 8 heteroatoms. The average Bonchev–Trinajstić information content (AvgIpc) is 2.64. The van der Waals surface area contributed by atoms with Gasteiger partial charge in [0.15, 0.2) is 0 Å². The van der Waals surface area contributed by atoms with Crippen molar-refractivity contribution in [1.82, 2.24) is 10.2 Å². The van der Waals surface area contributed by atoms with Crippen LogP contribution in [-0.2, 0) is 4.79 Å². The number of carbonyl (C=O) groups excluding carboxylic acids is 2. The van der Waals surface area contributed by atoms with Crippen LogP contribution in [-0.4, -0.2) is 65.4 Å². The van der Waals surface area contributed by atoms with Gasteiger partial charge in [-0.3, -0.25) is 9.59 Å². The first-order valence-corrected chi connectivity index (χ1v) is 11.0. The van der Waals surface area contributed by atoms with Crippen LogP contribution >= 0.6 is 35.9 Å². The van der Waals surface area contributed by atoms with E-state index in [9.17, 15) is 9.59 Å². The smallest absolute Gasteiger partial charge is 0.254 e. The van der Waals surface area contributed by atoms with Crippen molar-refractivity contribution in [3.05, 3.63) is 29.3 Å². The van der Waals surface area contributed by atoms with Gasteiger partial charge in [0, 0.05) is 66.4 Å². The standard InChI is InChI=1S/C18H25N3O2S2.ClH/c1-13-15(18(23)21-6-9-24-10-7-21)3-2-4-16(13)20-17(22)11-14-12-25-8-5-19-14;/h2-4,14,19H,5-12H2,1H3,(H,20,22);1H. The summed E-state index contributed by atoms with van der Waals surface area (Å²) in [5.41, 5.74) is 2.28. The number of hydrogen-bond acceptors (Lipinski definition) is 5. The highest BCUT2D eigenvalue weighted by molar-refractivity contribution is 7.99. The summed E-state index contributed by atoms with van der Waals surface area (Å²) in [5.74, 6) is 4.14. The fourth-order valence-electron chi connectivity index (χ4n) is 3.12. The number of halogens is 1. The molecule has 2 aliphatic rings. The Hall–Kier alpha value is -0.890. The fraction of sp³-hybridized carbons (Fsp3) is 0.556. The number of rotatable bonds is 4. The highest BCUT2D eigenvalue weighted by atomic mass is 35.5. The van der Waals surface area contributed by atoms with E-state index < -0.39 is 0 Å². The van der Waals surface area contributed by atoms with E-state index in [-0.39, 0.29) is 30.3 Å². The first-order chi connectivity index (χ1) is 12.1. The molecule has 0 spiro atoms. The zero-order valence-electron chi connectivity index (χ0n) is 15.0. The van der Waals surface area contributed by atoms with Crippen molar-refractivity contribution in [1.29, 1.82) is 0 Å². The minimum atomic E-state index is 0.